The highest BCUT2D eigenvalue weighted by Crippen LogP contribution is 2.44. The van der Waals surface area contributed by atoms with Crippen LogP contribution in [0.2, 0.25) is 0 Å². The number of hydrogen-bond donors (Lipinski definition) is 2. The molecule has 2 atom stereocenters. The number of aliphatic carboxylic acids is 1. The maximum Gasteiger partial charge on any atom is 0.407 e. The van der Waals surface area contributed by atoms with E-state index in [1.54, 1.807) is 11.8 Å². The zero-order chi connectivity index (χ0) is 23.4. The molecule has 2 aromatic rings. The first-order chi connectivity index (χ1) is 16.0. The van der Waals surface area contributed by atoms with Crippen LogP contribution in [-0.4, -0.2) is 64.7 Å². The van der Waals surface area contributed by atoms with E-state index in [4.69, 9.17) is 4.74 Å². The number of thioether (sulfide) groups is 1. The van der Waals surface area contributed by atoms with Gasteiger partial charge in [-0.15, -0.1) is 0 Å². The molecule has 7 nitrogen and oxygen atoms in total. The van der Waals surface area contributed by atoms with E-state index in [1.807, 2.05) is 31.2 Å². The summed E-state index contributed by atoms with van der Waals surface area (Å²) in [7, 11) is 0. The number of carboxylic acids is 1. The molecular formula is C25H28N2O5S. The molecule has 0 bridgehead atoms. The van der Waals surface area contributed by atoms with Crippen LogP contribution in [0.15, 0.2) is 48.5 Å². The second-order valence-corrected chi connectivity index (χ2v) is 9.58. The number of nitrogens with one attached hydrogen (secondary N) is 1. The van der Waals surface area contributed by atoms with Crippen LogP contribution in [0.4, 0.5) is 4.79 Å². The number of ether oxygens (including phenoxy) is 1. The summed E-state index contributed by atoms with van der Waals surface area (Å²) in [6.07, 6.45) is 0.0766. The Labute approximate surface area is 197 Å². The van der Waals surface area contributed by atoms with E-state index in [1.165, 1.54) is 16.0 Å². The number of alkyl carbamates (subject to hydrolysis) is 1. The molecule has 1 aliphatic heterocycles. The van der Waals surface area contributed by atoms with Crippen molar-refractivity contribution >= 4 is 29.7 Å². The van der Waals surface area contributed by atoms with Gasteiger partial charge in [0.05, 0.1) is 0 Å². The quantitative estimate of drug-likeness (QED) is 0.643. The minimum Gasteiger partial charge on any atom is -0.480 e. The minimum atomic E-state index is -0.972. The summed E-state index contributed by atoms with van der Waals surface area (Å²) >= 11 is 1.54. The maximum atomic E-state index is 12.5. The summed E-state index contributed by atoms with van der Waals surface area (Å²) < 4.78 is 5.56. The number of nitrogens with zero attached hydrogens (tertiary/aromatic N) is 1. The van der Waals surface area contributed by atoms with Crippen LogP contribution in [0.1, 0.15) is 36.8 Å². The molecule has 0 saturated carbocycles. The van der Waals surface area contributed by atoms with Gasteiger partial charge in [-0.3, -0.25) is 4.79 Å². The molecule has 0 radical (unpaired) electrons. The third-order valence-corrected chi connectivity index (χ3v) is 7.26. The number of rotatable bonds is 7. The van der Waals surface area contributed by atoms with Crippen molar-refractivity contribution < 1.29 is 24.2 Å². The SMILES string of the molecule is CC(CCC(=O)N1CCSCC1C(=O)O)NC(=O)OCC1c2ccccc2-c2ccccc21. The van der Waals surface area contributed by atoms with Crippen molar-refractivity contribution in [1.82, 2.24) is 10.2 Å². The van der Waals surface area contributed by atoms with E-state index in [-0.39, 0.29) is 30.9 Å². The largest absolute Gasteiger partial charge is 0.480 e. The van der Waals surface area contributed by atoms with Gasteiger partial charge in [-0.2, -0.15) is 11.8 Å². The second-order valence-electron chi connectivity index (χ2n) is 8.43. The molecule has 2 unspecified atom stereocenters. The Balaban J connectivity index is 1.27. The van der Waals surface area contributed by atoms with E-state index in [9.17, 15) is 19.5 Å². The number of amides is 2. The van der Waals surface area contributed by atoms with E-state index < -0.39 is 18.1 Å². The van der Waals surface area contributed by atoms with Crippen molar-refractivity contribution in [3.8, 4) is 11.1 Å². The summed E-state index contributed by atoms with van der Waals surface area (Å²) in [4.78, 5) is 37.8. The lowest BCUT2D eigenvalue weighted by Gasteiger charge is -2.33. The lowest BCUT2D eigenvalue weighted by molar-refractivity contribution is -0.149. The zero-order valence-corrected chi connectivity index (χ0v) is 19.3. The Hall–Kier alpha value is -3.00. The van der Waals surface area contributed by atoms with Crippen LogP contribution in [0.25, 0.3) is 11.1 Å². The van der Waals surface area contributed by atoms with Gasteiger partial charge >= 0.3 is 12.1 Å². The highest BCUT2D eigenvalue weighted by molar-refractivity contribution is 7.99. The molecule has 33 heavy (non-hydrogen) atoms. The number of hydrogen-bond acceptors (Lipinski definition) is 5. The van der Waals surface area contributed by atoms with Gasteiger partial charge in [-0.1, -0.05) is 48.5 Å². The van der Waals surface area contributed by atoms with Crippen LogP contribution in [0, 0.1) is 0 Å². The Kier molecular flexibility index (Phi) is 7.23. The molecule has 174 valence electrons. The van der Waals surface area contributed by atoms with Crippen molar-refractivity contribution in [1.29, 1.82) is 0 Å². The molecule has 1 aliphatic carbocycles. The number of carbonyl (C=O) groups excluding carboxylic acids is 2. The summed E-state index contributed by atoms with van der Waals surface area (Å²) in [6.45, 7) is 2.49. The first-order valence-electron chi connectivity index (χ1n) is 11.2. The molecule has 0 spiro atoms. The molecule has 0 aromatic heterocycles. The van der Waals surface area contributed by atoms with Crippen LogP contribution in [-0.2, 0) is 14.3 Å². The van der Waals surface area contributed by atoms with Gasteiger partial charge in [0.2, 0.25) is 5.91 Å². The number of fused-ring (bicyclic) bond motifs is 3. The molecule has 1 saturated heterocycles. The number of benzene rings is 2. The Morgan fingerprint density at radius 2 is 1.76 bits per heavy atom. The van der Waals surface area contributed by atoms with Gasteiger partial charge in [0.1, 0.15) is 12.6 Å². The topological polar surface area (TPSA) is 95.9 Å². The second kappa shape index (κ2) is 10.3. The standard InChI is InChI=1S/C25H28N2O5S/c1-16(10-11-23(28)27-12-13-33-15-22(27)24(29)30)26-25(31)32-14-21-19-8-4-2-6-17(19)18-7-3-5-9-20(18)21/h2-9,16,21-22H,10-15H2,1H3,(H,26,31)(H,29,30). The zero-order valence-electron chi connectivity index (χ0n) is 18.5. The van der Waals surface area contributed by atoms with Crippen molar-refractivity contribution in [2.24, 2.45) is 0 Å². The van der Waals surface area contributed by atoms with Crippen LogP contribution in [0.5, 0.6) is 0 Å². The van der Waals surface area contributed by atoms with Gasteiger partial charge < -0.3 is 20.1 Å². The maximum absolute atomic E-state index is 12.5. The Morgan fingerprint density at radius 3 is 2.39 bits per heavy atom. The average Bonchev–Trinajstić information content (AvgIpc) is 3.15. The monoisotopic (exact) mass is 468 g/mol. The third-order valence-electron chi connectivity index (χ3n) is 6.23. The van der Waals surface area contributed by atoms with Crippen LogP contribution < -0.4 is 5.32 Å². The molecular weight excluding hydrogens is 440 g/mol. The van der Waals surface area contributed by atoms with Gasteiger partial charge in [-0.05, 0) is 35.6 Å². The Morgan fingerprint density at radius 1 is 1.12 bits per heavy atom. The molecule has 8 heteroatoms. The highest BCUT2D eigenvalue weighted by atomic mass is 32.2. The number of carbonyl (C=O) groups is 3. The molecule has 2 aliphatic rings. The average molecular weight is 469 g/mol. The van der Waals surface area contributed by atoms with Crippen molar-refractivity contribution in [2.45, 2.75) is 37.8 Å². The van der Waals surface area contributed by atoms with E-state index in [0.717, 1.165) is 16.9 Å². The highest BCUT2D eigenvalue weighted by Gasteiger charge is 2.32. The lowest BCUT2D eigenvalue weighted by Crippen LogP contribution is -2.50. The molecule has 4 rings (SSSR count). The fourth-order valence-corrected chi connectivity index (χ4v) is 5.54. The summed E-state index contributed by atoms with van der Waals surface area (Å²) in [5.41, 5.74) is 4.64. The lowest BCUT2D eigenvalue weighted by atomic mass is 9.98. The molecule has 2 aromatic carbocycles. The van der Waals surface area contributed by atoms with Crippen molar-refractivity contribution in [3.63, 3.8) is 0 Å². The smallest absolute Gasteiger partial charge is 0.407 e. The van der Waals surface area contributed by atoms with Gasteiger partial charge in [0, 0.05) is 36.4 Å². The van der Waals surface area contributed by atoms with E-state index in [0.29, 0.717) is 18.7 Å². The number of carboxylic acid groups (broad SMARTS) is 1. The molecule has 2 amide bonds. The normalized spacial score (nSPS) is 18.2. The molecule has 1 fully saturated rings. The summed E-state index contributed by atoms with van der Waals surface area (Å²) in [5, 5.41) is 12.1. The predicted molar refractivity (Wildman–Crippen MR) is 127 cm³/mol. The molecule has 2 N–H and O–H groups in total. The fourth-order valence-electron chi connectivity index (χ4n) is 4.50. The minimum absolute atomic E-state index is 0.00930. The fraction of sp³-hybridized carbons (Fsp3) is 0.400. The molecule has 1 heterocycles. The van der Waals surface area contributed by atoms with Crippen LogP contribution in [0.3, 0.4) is 0 Å². The Bertz CT molecular complexity index is 997. The summed E-state index contributed by atoms with van der Waals surface area (Å²) in [6, 6.07) is 15.3. The van der Waals surface area contributed by atoms with Crippen molar-refractivity contribution in [2.75, 3.05) is 24.7 Å². The van der Waals surface area contributed by atoms with E-state index >= 15 is 0 Å². The van der Waals surface area contributed by atoms with Gasteiger partial charge in [-0.25, -0.2) is 9.59 Å². The van der Waals surface area contributed by atoms with Crippen molar-refractivity contribution in [3.05, 3.63) is 59.7 Å². The first kappa shape index (κ1) is 23.2. The van der Waals surface area contributed by atoms with Crippen LogP contribution >= 0.6 is 11.8 Å². The summed E-state index contributed by atoms with van der Waals surface area (Å²) in [5.74, 6) is -0.0215. The predicted octanol–water partition coefficient (Wildman–Crippen LogP) is 3.72. The third kappa shape index (κ3) is 5.16. The van der Waals surface area contributed by atoms with Gasteiger partial charge in [0.25, 0.3) is 0 Å². The first-order valence-corrected chi connectivity index (χ1v) is 12.3. The van der Waals surface area contributed by atoms with E-state index in [2.05, 4.69) is 29.6 Å². The van der Waals surface area contributed by atoms with Gasteiger partial charge in [0.15, 0.2) is 0 Å².